The highest BCUT2D eigenvalue weighted by Crippen LogP contribution is 2.29. The Bertz CT molecular complexity index is 1360. The zero-order chi connectivity index (χ0) is 24.9. The lowest BCUT2D eigenvalue weighted by Crippen LogP contribution is -2.34. The Labute approximate surface area is 208 Å². The summed E-state index contributed by atoms with van der Waals surface area (Å²) in [6, 6.07) is 23.2. The molecule has 4 aromatic rings. The average Bonchev–Trinajstić information content (AvgIpc) is 2.90. The number of amides is 1. The van der Waals surface area contributed by atoms with Crippen LogP contribution in [0.4, 0.5) is 20.3 Å². The molecule has 0 bridgehead atoms. The van der Waals surface area contributed by atoms with E-state index in [0.29, 0.717) is 17.2 Å². The number of para-hydroxylation sites is 1. The Balaban J connectivity index is 1.23. The molecule has 1 N–H and O–H groups in total. The molecule has 5 nitrogen and oxygen atoms in total. The van der Waals surface area contributed by atoms with Gasteiger partial charge in [-0.2, -0.15) is 0 Å². The van der Waals surface area contributed by atoms with Crippen LogP contribution in [0.2, 0.25) is 0 Å². The Morgan fingerprint density at radius 2 is 1.78 bits per heavy atom. The number of ether oxygens (including phenoxy) is 1. The van der Waals surface area contributed by atoms with E-state index in [1.165, 1.54) is 11.6 Å². The van der Waals surface area contributed by atoms with Gasteiger partial charge in [0.15, 0.2) is 6.61 Å². The number of benzene rings is 3. The Morgan fingerprint density at radius 1 is 0.972 bits per heavy atom. The fourth-order valence-electron chi connectivity index (χ4n) is 4.64. The minimum atomic E-state index is -0.840. The van der Waals surface area contributed by atoms with Gasteiger partial charge in [-0.1, -0.05) is 42.5 Å². The van der Waals surface area contributed by atoms with Gasteiger partial charge in [0.25, 0.3) is 5.91 Å². The van der Waals surface area contributed by atoms with E-state index in [4.69, 9.17) is 9.72 Å². The zero-order valence-corrected chi connectivity index (χ0v) is 19.8. The van der Waals surface area contributed by atoms with Crippen LogP contribution in [0.5, 0.6) is 5.75 Å². The molecule has 1 aromatic heterocycles. The van der Waals surface area contributed by atoms with Crippen LogP contribution in [-0.4, -0.2) is 30.6 Å². The molecule has 0 aliphatic carbocycles. The number of carbonyl (C=O) groups is 1. The number of halogens is 2. The first-order chi connectivity index (χ1) is 17.5. The van der Waals surface area contributed by atoms with E-state index >= 15 is 0 Å². The van der Waals surface area contributed by atoms with Gasteiger partial charge in [-0.15, -0.1) is 0 Å². The SMILES string of the molecule is O=C(COc1cccc2ccc(N3CCC(Cc4ccccc4)CC3)nc12)Nc1ccc(F)cc1F. The predicted molar refractivity (Wildman–Crippen MR) is 137 cm³/mol. The van der Waals surface area contributed by atoms with Crippen molar-refractivity contribution in [1.29, 1.82) is 0 Å². The first kappa shape index (κ1) is 23.7. The molecule has 1 saturated heterocycles. The van der Waals surface area contributed by atoms with E-state index in [-0.39, 0.29) is 12.3 Å². The number of piperidine rings is 1. The third-order valence-electron chi connectivity index (χ3n) is 6.54. The predicted octanol–water partition coefficient (Wildman–Crippen LogP) is 5.99. The van der Waals surface area contributed by atoms with Gasteiger partial charge < -0.3 is 15.0 Å². The molecular weight excluding hydrogens is 460 g/mol. The highest BCUT2D eigenvalue weighted by atomic mass is 19.1. The van der Waals surface area contributed by atoms with Crippen molar-refractivity contribution in [2.75, 3.05) is 29.9 Å². The lowest BCUT2D eigenvalue weighted by Gasteiger charge is -2.33. The number of rotatable bonds is 7. The van der Waals surface area contributed by atoms with Crippen LogP contribution in [-0.2, 0) is 11.2 Å². The number of pyridine rings is 1. The maximum atomic E-state index is 13.8. The second-order valence-electron chi connectivity index (χ2n) is 9.08. The highest BCUT2D eigenvalue weighted by molar-refractivity contribution is 5.92. The van der Waals surface area contributed by atoms with Gasteiger partial charge >= 0.3 is 0 Å². The maximum Gasteiger partial charge on any atom is 0.262 e. The third kappa shape index (κ3) is 5.62. The molecule has 2 heterocycles. The monoisotopic (exact) mass is 487 g/mol. The van der Waals surface area contributed by atoms with Gasteiger partial charge in [0.05, 0.1) is 5.69 Å². The molecule has 5 rings (SSSR count). The van der Waals surface area contributed by atoms with Crippen molar-refractivity contribution in [1.82, 2.24) is 4.98 Å². The van der Waals surface area contributed by atoms with Crippen LogP contribution in [0.1, 0.15) is 18.4 Å². The first-order valence-corrected chi connectivity index (χ1v) is 12.1. The molecule has 7 heteroatoms. The summed E-state index contributed by atoms with van der Waals surface area (Å²) in [5, 5.41) is 3.31. The van der Waals surface area contributed by atoms with Crippen LogP contribution in [0.25, 0.3) is 10.9 Å². The summed E-state index contributed by atoms with van der Waals surface area (Å²) in [4.78, 5) is 19.5. The molecule has 0 unspecified atom stereocenters. The summed E-state index contributed by atoms with van der Waals surface area (Å²) in [6.07, 6.45) is 3.31. The van der Waals surface area contributed by atoms with Crippen molar-refractivity contribution in [3.8, 4) is 5.75 Å². The molecule has 0 saturated carbocycles. The van der Waals surface area contributed by atoms with Crippen LogP contribution in [0.3, 0.4) is 0 Å². The number of fused-ring (bicyclic) bond motifs is 1. The van der Waals surface area contributed by atoms with Crippen molar-refractivity contribution in [2.45, 2.75) is 19.3 Å². The second-order valence-corrected chi connectivity index (χ2v) is 9.08. The van der Waals surface area contributed by atoms with Gasteiger partial charge in [-0.25, -0.2) is 13.8 Å². The number of nitrogens with zero attached hydrogens (tertiary/aromatic N) is 2. The summed E-state index contributed by atoms with van der Waals surface area (Å²) in [6.45, 7) is 1.54. The van der Waals surface area contributed by atoms with Gasteiger partial charge in [-0.05, 0) is 61.1 Å². The molecule has 36 heavy (non-hydrogen) atoms. The van der Waals surface area contributed by atoms with E-state index in [0.717, 1.165) is 55.7 Å². The van der Waals surface area contributed by atoms with Crippen molar-refractivity contribution in [3.63, 3.8) is 0 Å². The summed E-state index contributed by atoms with van der Waals surface area (Å²) in [5.41, 5.74) is 1.95. The average molecular weight is 488 g/mol. The number of hydrogen-bond donors (Lipinski definition) is 1. The Hall–Kier alpha value is -4.00. The van der Waals surface area contributed by atoms with Crippen LogP contribution in [0.15, 0.2) is 78.9 Å². The normalized spacial score (nSPS) is 14.1. The largest absolute Gasteiger partial charge is 0.481 e. The van der Waals surface area contributed by atoms with Gasteiger partial charge in [0, 0.05) is 24.5 Å². The molecule has 0 radical (unpaired) electrons. The number of aromatic nitrogens is 1. The van der Waals surface area contributed by atoms with Crippen molar-refractivity contribution >= 4 is 28.3 Å². The van der Waals surface area contributed by atoms with Gasteiger partial charge in [-0.3, -0.25) is 4.79 Å². The van der Waals surface area contributed by atoms with Crippen molar-refractivity contribution in [3.05, 3.63) is 96.1 Å². The number of hydrogen-bond acceptors (Lipinski definition) is 4. The van der Waals surface area contributed by atoms with Crippen molar-refractivity contribution < 1.29 is 18.3 Å². The van der Waals surface area contributed by atoms with Gasteiger partial charge in [0.2, 0.25) is 0 Å². The molecule has 0 spiro atoms. The van der Waals surface area contributed by atoms with E-state index in [1.54, 1.807) is 6.07 Å². The van der Waals surface area contributed by atoms with Crippen LogP contribution >= 0.6 is 0 Å². The van der Waals surface area contributed by atoms with E-state index in [1.807, 2.05) is 30.3 Å². The molecule has 1 fully saturated rings. The number of carbonyl (C=O) groups excluding carboxylic acids is 1. The number of nitrogens with one attached hydrogen (secondary N) is 1. The molecular formula is C29H27F2N3O2. The molecule has 0 atom stereocenters. The quantitative estimate of drug-likeness (QED) is 0.348. The third-order valence-corrected chi connectivity index (χ3v) is 6.54. The second kappa shape index (κ2) is 10.7. The van der Waals surface area contributed by atoms with E-state index < -0.39 is 17.5 Å². The molecule has 1 aliphatic heterocycles. The Kier molecular flexibility index (Phi) is 7.07. The summed E-state index contributed by atoms with van der Waals surface area (Å²) in [7, 11) is 0. The molecule has 1 amide bonds. The standard InChI is InChI=1S/C29H27F2N3O2/c30-23-10-11-25(24(31)18-23)32-28(35)19-36-26-8-4-7-22-9-12-27(33-29(22)26)34-15-13-21(14-16-34)17-20-5-2-1-3-6-20/h1-12,18,21H,13-17,19H2,(H,32,35). The lowest BCUT2D eigenvalue weighted by molar-refractivity contribution is -0.118. The van der Waals surface area contributed by atoms with Crippen LogP contribution in [0, 0.1) is 17.6 Å². The first-order valence-electron chi connectivity index (χ1n) is 12.1. The topological polar surface area (TPSA) is 54.5 Å². The fraction of sp³-hybridized carbons (Fsp3) is 0.241. The van der Waals surface area contributed by atoms with Crippen molar-refractivity contribution in [2.24, 2.45) is 5.92 Å². The summed E-state index contributed by atoms with van der Waals surface area (Å²) >= 11 is 0. The zero-order valence-electron chi connectivity index (χ0n) is 19.8. The van der Waals surface area contributed by atoms with Gasteiger partial charge in [0.1, 0.15) is 28.7 Å². The van der Waals surface area contributed by atoms with E-state index in [9.17, 15) is 13.6 Å². The lowest BCUT2D eigenvalue weighted by atomic mass is 9.90. The maximum absolute atomic E-state index is 13.8. The minimum absolute atomic E-state index is 0.0982. The molecule has 184 valence electrons. The summed E-state index contributed by atoms with van der Waals surface area (Å²) in [5.74, 6) is -0.0774. The summed E-state index contributed by atoms with van der Waals surface area (Å²) < 4.78 is 32.7. The molecule has 1 aliphatic rings. The minimum Gasteiger partial charge on any atom is -0.481 e. The fourth-order valence-corrected chi connectivity index (χ4v) is 4.64. The Morgan fingerprint density at radius 3 is 2.56 bits per heavy atom. The van der Waals surface area contributed by atoms with E-state index in [2.05, 4.69) is 34.5 Å². The number of anilines is 2. The highest BCUT2D eigenvalue weighted by Gasteiger charge is 2.21. The smallest absolute Gasteiger partial charge is 0.262 e. The van der Waals surface area contributed by atoms with Crippen LogP contribution < -0.4 is 15.0 Å². The molecule has 3 aromatic carbocycles.